The zero-order valence-electron chi connectivity index (χ0n) is 19.6. The van der Waals surface area contributed by atoms with Crippen LogP contribution in [0.5, 0.6) is 0 Å². The van der Waals surface area contributed by atoms with Crippen LogP contribution in [0.1, 0.15) is 0 Å². The zero-order valence-corrected chi connectivity index (χ0v) is 21.8. The molecule has 20 heteroatoms. The van der Waals surface area contributed by atoms with E-state index in [2.05, 4.69) is 0 Å². The largest absolute Gasteiger partial charge is 2.00 e. The van der Waals surface area contributed by atoms with E-state index in [-0.39, 0.29) is 37.7 Å². The third-order valence-corrected chi connectivity index (χ3v) is 5.10. The van der Waals surface area contributed by atoms with Gasteiger partial charge in [-0.15, -0.1) is 0 Å². The Morgan fingerprint density at radius 3 is 1.55 bits per heavy atom. The number of hydrogen-bond donors (Lipinski definition) is 13. The van der Waals surface area contributed by atoms with E-state index in [1.165, 1.54) is 0 Å². The number of aliphatic hydroxyl groups excluding tert-OH is 13. The number of aliphatic carboxylic acids is 2. The van der Waals surface area contributed by atoms with E-state index in [9.17, 15) is 50.4 Å². The molecule has 0 unspecified atom stereocenters. The van der Waals surface area contributed by atoms with Gasteiger partial charge in [0.1, 0.15) is 73.2 Å². The fourth-order valence-corrected chi connectivity index (χ4v) is 2.82. The third kappa shape index (κ3) is 11.2. The SMILES string of the molecule is O=C([O-])[C@H](O)[C@@H](O)[C@H](O)[C@H](O)CO.O=C([O-])[C@H](O)[C@@H](O)[C@H](O[C@@H]1O[C@H](CO)[C@@H](O)[C@H](O)[C@H]1O)[C@H](O)CO.[Ca+2]. The van der Waals surface area contributed by atoms with Gasteiger partial charge in [0.2, 0.25) is 0 Å². The van der Waals surface area contributed by atoms with Gasteiger partial charge in [0.15, 0.2) is 6.29 Å². The quantitative estimate of drug-likeness (QED) is 0.0882. The Morgan fingerprint density at radius 2 is 1.16 bits per heavy atom. The number of carboxylic acids is 2. The maximum atomic E-state index is 10.6. The Morgan fingerprint density at radius 1 is 0.711 bits per heavy atom. The molecule has 0 aromatic carbocycles. The van der Waals surface area contributed by atoms with Crippen LogP contribution in [-0.2, 0) is 19.1 Å². The molecule has 0 aromatic heterocycles. The van der Waals surface area contributed by atoms with Gasteiger partial charge in [-0.2, -0.15) is 0 Å². The van der Waals surface area contributed by atoms with Crippen LogP contribution in [0.25, 0.3) is 0 Å². The summed E-state index contributed by atoms with van der Waals surface area (Å²) in [7, 11) is 0. The maximum Gasteiger partial charge on any atom is 2.00 e. The molecular formula is C18H32CaO19. The molecule has 0 aromatic rings. The number of aliphatic hydroxyl groups is 13. The molecule has 1 aliphatic heterocycles. The molecule has 1 rings (SSSR count). The number of carboxylic acid groups (broad SMARTS) is 2. The zero-order chi connectivity index (χ0) is 29.2. The number of hydrogen-bond acceptors (Lipinski definition) is 19. The molecule has 13 N–H and O–H groups in total. The summed E-state index contributed by atoms with van der Waals surface area (Å²) in [6.07, 6.45) is -25.3. The van der Waals surface area contributed by atoms with Crippen LogP contribution in [0.15, 0.2) is 0 Å². The van der Waals surface area contributed by atoms with Gasteiger partial charge < -0.3 is 95.7 Å². The first-order chi connectivity index (χ1) is 17.1. The smallest absolute Gasteiger partial charge is 0.547 e. The first-order valence-electron chi connectivity index (χ1n) is 10.4. The molecule has 220 valence electrons. The number of carbonyl (C=O) groups excluding carboxylic acids is 2. The molecule has 0 radical (unpaired) electrons. The van der Waals surface area contributed by atoms with Crippen molar-refractivity contribution in [2.24, 2.45) is 0 Å². The van der Waals surface area contributed by atoms with Crippen LogP contribution in [-0.4, -0.2) is 215 Å². The summed E-state index contributed by atoms with van der Waals surface area (Å²) in [5.41, 5.74) is 0. The van der Waals surface area contributed by atoms with Gasteiger partial charge in [-0.3, -0.25) is 0 Å². The molecule has 1 aliphatic rings. The average molecular weight is 593 g/mol. The van der Waals surface area contributed by atoms with Crippen LogP contribution < -0.4 is 10.2 Å². The van der Waals surface area contributed by atoms with Crippen molar-refractivity contribution >= 4 is 49.7 Å². The molecule has 1 fully saturated rings. The first kappa shape index (κ1) is 39.7. The Labute approximate surface area is 244 Å². The Kier molecular flexibility index (Phi) is 19.7. The summed E-state index contributed by atoms with van der Waals surface area (Å²) < 4.78 is 9.94. The summed E-state index contributed by atoms with van der Waals surface area (Å²) in [5.74, 6) is -4.06. The second-order valence-corrected chi connectivity index (χ2v) is 7.80. The molecule has 0 bridgehead atoms. The van der Waals surface area contributed by atoms with Crippen molar-refractivity contribution in [3.63, 3.8) is 0 Å². The molecule has 38 heavy (non-hydrogen) atoms. The molecular weight excluding hydrogens is 560 g/mol. The molecule has 0 amide bonds. The van der Waals surface area contributed by atoms with Gasteiger partial charge in [-0.25, -0.2) is 0 Å². The van der Waals surface area contributed by atoms with E-state index in [4.69, 9.17) is 45.2 Å². The summed E-state index contributed by atoms with van der Waals surface area (Å²) in [5, 5.41) is 140. The summed E-state index contributed by atoms with van der Waals surface area (Å²) in [4.78, 5) is 20.6. The molecule has 1 heterocycles. The summed E-state index contributed by atoms with van der Waals surface area (Å²) in [6, 6.07) is 0. The first-order valence-corrected chi connectivity index (χ1v) is 10.4. The fraction of sp³-hybridized carbons (Fsp3) is 0.889. The normalized spacial score (nSPS) is 29.7. The standard InChI is InChI=1S/C12H22O12.C6H12O7.Ca/c13-1-3(15)10(7(18)8(19)11(21)22)24-12-9(20)6(17)5(16)4(2-14)23-12;7-1-2(8)3(9)4(10)5(11)6(12)13;/h3-10,12-20H,1-2H2,(H,21,22);2-5,7-11H,1H2,(H,12,13);/q;;+2/p-2/t3-,4-,5-,6+,7-,8-,9-,10-,12+;2-,3-,4+,5-;/m11./s1. The van der Waals surface area contributed by atoms with Crippen molar-refractivity contribution in [2.45, 2.75) is 79.5 Å². The third-order valence-electron chi connectivity index (χ3n) is 5.10. The van der Waals surface area contributed by atoms with Crippen molar-refractivity contribution in [1.29, 1.82) is 0 Å². The summed E-state index contributed by atoms with van der Waals surface area (Å²) in [6.45, 7) is -2.65. The van der Waals surface area contributed by atoms with E-state index in [0.717, 1.165) is 0 Å². The van der Waals surface area contributed by atoms with Gasteiger partial charge in [-0.05, 0) is 0 Å². The predicted molar refractivity (Wildman–Crippen MR) is 111 cm³/mol. The number of carbonyl (C=O) groups is 2. The molecule has 0 spiro atoms. The second kappa shape index (κ2) is 18.9. The second-order valence-electron chi connectivity index (χ2n) is 7.80. The fourth-order valence-electron chi connectivity index (χ4n) is 2.82. The Bertz CT molecular complexity index is 684. The van der Waals surface area contributed by atoms with Crippen LogP contribution >= 0.6 is 0 Å². The minimum absolute atomic E-state index is 0. The minimum Gasteiger partial charge on any atom is -0.547 e. The van der Waals surface area contributed by atoms with Crippen molar-refractivity contribution in [2.75, 3.05) is 19.8 Å². The number of ether oxygens (including phenoxy) is 2. The molecule has 13 atom stereocenters. The van der Waals surface area contributed by atoms with Crippen LogP contribution in [0, 0.1) is 0 Å². The average Bonchev–Trinajstić information content (AvgIpc) is 2.88. The molecule has 0 aliphatic carbocycles. The monoisotopic (exact) mass is 592 g/mol. The molecule has 19 nitrogen and oxygen atoms in total. The summed E-state index contributed by atoms with van der Waals surface area (Å²) >= 11 is 0. The van der Waals surface area contributed by atoms with Gasteiger partial charge in [0, 0.05) is 0 Å². The van der Waals surface area contributed by atoms with Crippen molar-refractivity contribution in [3.8, 4) is 0 Å². The van der Waals surface area contributed by atoms with E-state index in [0.29, 0.717) is 0 Å². The van der Waals surface area contributed by atoms with E-state index in [1.807, 2.05) is 0 Å². The maximum absolute atomic E-state index is 10.6. The van der Waals surface area contributed by atoms with Gasteiger partial charge in [0.25, 0.3) is 0 Å². The Hall–Kier alpha value is -0.400. The van der Waals surface area contributed by atoms with Gasteiger partial charge in [0.05, 0.1) is 31.8 Å². The predicted octanol–water partition coefficient (Wildman–Crippen LogP) is -12.2. The molecule has 1 saturated heterocycles. The van der Waals surface area contributed by atoms with Crippen LogP contribution in [0.3, 0.4) is 0 Å². The minimum atomic E-state index is -2.50. The van der Waals surface area contributed by atoms with Crippen molar-refractivity contribution in [1.82, 2.24) is 0 Å². The Balaban J connectivity index is 0. The van der Waals surface area contributed by atoms with Crippen LogP contribution in [0.2, 0.25) is 0 Å². The van der Waals surface area contributed by atoms with E-state index >= 15 is 0 Å². The van der Waals surface area contributed by atoms with Crippen LogP contribution in [0.4, 0.5) is 0 Å². The molecule has 0 saturated carbocycles. The van der Waals surface area contributed by atoms with Gasteiger partial charge >= 0.3 is 37.7 Å². The van der Waals surface area contributed by atoms with Crippen molar-refractivity contribution < 1.29 is 95.7 Å². The number of rotatable bonds is 13. The van der Waals surface area contributed by atoms with E-state index < -0.39 is 111 Å². The van der Waals surface area contributed by atoms with Crippen molar-refractivity contribution in [3.05, 3.63) is 0 Å². The topological polar surface area (TPSA) is 362 Å². The van der Waals surface area contributed by atoms with E-state index in [1.54, 1.807) is 0 Å². The van der Waals surface area contributed by atoms with Gasteiger partial charge in [-0.1, -0.05) is 0 Å².